The number of nitrogens with zero attached hydrogens (tertiary/aromatic N) is 1. The van der Waals surface area contributed by atoms with Crippen molar-refractivity contribution in [3.8, 4) is 0 Å². The minimum atomic E-state index is -2.24. The molecule has 2 amide bonds. The Morgan fingerprint density at radius 3 is 2.33 bits per heavy atom. The predicted octanol–water partition coefficient (Wildman–Crippen LogP) is 6.37. The van der Waals surface area contributed by atoms with Crippen LogP contribution >= 0.6 is 0 Å². The van der Waals surface area contributed by atoms with Gasteiger partial charge in [-0.05, 0) is 49.9 Å². The standard InChI is InChI=1S/C27H41NO4Si/c1-9-14-23(24(15-10-2)32-33(7,8)27(5,6)20(3)4)25(29)28-22(19-31-26(28)30)18-21-16-12-11-13-17-21/h9-17,20,22-24H,18-19H2,1-8H3/b14-9-,15-10+/t22-,23-,24+/m0/s1. The highest BCUT2D eigenvalue weighted by Crippen LogP contribution is 2.45. The second kappa shape index (κ2) is 11.3. The minimum absolute atomic E-state index is 0.00121. The maximum Gasteiger partial charge on any atom is 0.417 e. The molecule has 182 valence electrons. The second-order valence-electron chi connectivity index (χ2n) is 10.2. The summed E-state index contributed by atoms with van der Waals surface area (Å²) in [4.78, 5) is 27.8. The summed E-state index contributed by atoms with van der Waals surface area (Å²) < 4.78 is 12.1. The third-order valence-electron chi connectivity index (χ3n) is 7.36. The van der Waals surface area contributed by atoms with Gasteiger partial charge in [0, 0.05) is 0 Å². The fraction of sp³-hybridized carbons (Fsp3) is 0.556. The van der Waals surface area contributed by atoms with Crippen LogP contribution in [0.3, 0.4) is 0 Å². The summed E-state index contributed by atoms with van der Waals surface area (Å²) in [7, 11) is -2.24. The molecule has 1 aromatic carbocycles. The van der Waals surface area contributed by atoms with Crippen LogP contribution < -0.4 is 0 Å². The molecule has 3 atom stereocenters. The van der Waals surface area contributed by atoms with Gasteiger partial charge in [-0.1, -0.05) is 82.3 Å². The van der Waals surface area contributed by atoms with Crippen LogP contribution in [0.4, 0.5) is 4.79 Å². The van der Waals surface area contributed by atoms with Gasteiger partial charge in [0.1, 0.15) is 6.61 Å². The van der Waals surface area contributed by atoms with E-state index >= 15 is 0 Å². The van der Waals surface area contributed by atoms with Crippen LogP contribution in [0.2, 0.25) is 18.1 Å². The molecule has 1 aliphatic heterocycles. The Bertz CT molecular complexity index is 860. The summed E-state index contributed by atoms with van der Waals surface area (Å²) in [5.74, 6) is -0.443. The van der Waals surface area contributed by atoms with Crippen LogP contribution in [0.1, 0.15) is 47.1 Å². The lowest BCUT2D eigenvalue weighted by Crippen LogP contribution is -2.51. The highest BCUT2D eigenvalue weighted by molar-refractivity contribution is 6.74. The predicted molar refractivity (Wildman–Crippen MR) is 136 cm³/mol. The van der Waals surface area contributed by atoms with Crippen molar-refractivity contribution in [1.29, 1.82) is 0 Å². The number of amides is 2. The lowest BCUT2D eigenvalue weighted by atomic mass is 9.97. The molecule has 0 saturated carbocycles. The lowest BCUT2D eigenvalue weighted by Gasteiger charge is -2.45. The van der Waals surface area contributed by atoms with E-state index in [9.17, 15) is 9.59 Å². The van der Waals surface area contributed by atoms with Gasteiger partial charge in [0.05, 0.1) is 18.1 Å². The van der Waals surface area contributed by atoms with Gasteiger partial charge in [0.25, 0.3) is 0 Å². The molecule has 0 spiro atoms. The van der Waals surface area contributed by atoms with Gasteiger partial charge in [-0.3, -0.25) is 4.79 Å². The molecule has 33 heavy (non-hydrogen) atoms. The fourth-order valence-corrected chi connectivity index (χ4v) is 6.68. The number of hydrogen-bond acceptors (Lipinski definition) is 4. The zero-order valence-corrected chi connectivity index (χ0v) is 22.5. The molecule has 0 bridgehead atoms. The summed E-state index contributed by atoms with van der Waals surface area (Å²) in [5, 5.41) is -0.00121. The van der Waals surface area contributed by atoms with Crippen LogP contribution in [-0.4, -0.2) is 44.0 Å². The van der Waals surface area contributed by atoms with E-state index in [1.807, 2.05) is 68.5 Å². The molecule has 2 rings (SSSR count). The Morgan fingerprint density at radius 1 is 1.18 bits per heavy atom. The molecule has 5 nitrogen and oxygen atoms in total. The molecule has 0 aliphatic carbocycles. The number of cyclic esters (lactones) is 1. The SMILES string of the molecule is C/C=C\[C@H](C(=O)N1C(=O)OC[C@@H]1Cc1ccccc1)[C@@H](/C=C/C)O[Si](C)(C)C(C)(C)C(C)C. The van der Waals surface area contributed by atoms with Gasteiger partial charge in [-0.15, -0.1) is 0 Å². The number of benzene rings is 1. The number of carbonyl (C=O) groups is 2. The molecule has 0 unspecified atom stereocenters. The number of rotatable bonds is 10. The van der Waals surface area contributed by atoms with Crippen molar-refractivity contribution >= 4 is 20.3 Å². The smallest absolute Gasteiger partial charge is 0.417 e. The Kier molecular flexibility index (Phi) is 9.26. The van der Waals surface area contributed by atoms with Gasteiger partial charge in [-0.25, -0.2) is 9.69 Å². The third-order valence-corrected chi connectivity index (χ3v) is 11.9. The Balaban J connectivity index is 2.36. The Hall–Kier alpha value is -2.18. The second-order valence-corrected chi connectivity index (χ2v) is 14.7. The molecule has 0 radical (unpaired) electrons. The van der Waals surface area contributed by atoms with Gasteiger partial charge in [-0.2, -0.15) is 0 Å². The van der Waals surface area contributed by atoms with E-state index in [4.69, 9.17) is 9.16 Å². The fourth-order valence-electron chi connectivity index (χ4n) is 4.08. The number of ether oxygens (including phenoxy) is 1. The van der Waals surface area contributed by atoms with Gasteiger partial charge >= 0.3 is 6.09 Å². The average Bonchev–Trinajstić information content (AvgIpc) is 3.11. The lowest BCUT2D eigenvalue weighted by molar-refractivity contribution is -0.133. The number of imide groups is 1. The van der Waals surface area contributed by atoms with Crippen LogP contribution in [-0.2, 0) is 20.4 Å². The van der Waals surface area contributed by atoms with E-state index in [1.54, 1.807) is 0 Å². The quantitative estimate of drug-likeness (QED) is 0.294. The Morgan fingerprint density at radius 2 is 1.79 bits per heavy atom. The van der Waals surface area contributed by atoms with E-state index in [1.165, 1.54) is 4.90 Å². The van der Waals surface area contributed by atoms with Crippen LogP contribution in [0, 0.1) is 11.8 Å². The largest absolute Gasteiger partial charge is 0.447 e. The first-order valence-electron chi connectivity index (χ1n) is 11.9. The molecule has 0 aromatic heterocycles. The van der Waals surface area contributed by atoms with E-state index in [0.717, 1.165) is 5.56 Å². The topological polar surface area (TPSA) is 55.8 Å². The summed E-state index contributed by atoms with van der Waals surface area (Å²) in [6.45, 7) is 17.4. The van der Waals surface area contributed by atoms with Crippen molar-refractivity contribution in [3.05, 3.63) is 60.2 Å². The highest BCUT2D eigenvalue weighted by Gasteiger charge is 2.47. The van der Waals surface area contributed by atoms with Crippen molar-refractivity contribution in [1.82, 2.24) is 4.90 Å². The van der Waals surface area contributed by atoms with Crippen LogP contribution in [0.25, 0.3) is 0 Å². The first kappa shape index (κ1) is 27.1. The van der Waals surface area contributed by atoms with Crippen molar-refractivity contribution in [2.75, 3.05) is 6.61 Å². The van der Waals surface area contributed by atoms with E-state index in [2.05, 4.69) is 40.8 Å². The molecule has 1 heterocycles. The number of hydrogen-bond donors (Lipinski definition) is 0. The summed E-state index contributed by atoms with van der Waals surface area (Å²) in [6, 6.07) is 9.55. The van der Waals surface area contributed by atoms with Crippen molar-refractivity contribution < 1.29 is 18.8 Å². The first-order valence-corrected chi connectivity index (χ1v) is 14.8. The van der Waals surface area contributed by atoms with Gasteiger partial charge in [0.2, 0.25) is 5.91 Å². The van der Waals surface area contributed by atoms with E-state index in [0.29, 0.717) is 12.3 Å². The van der Waals surface area contributed by atoms with Crippen molar-refractivity contribution in [3.63, 3.8) is 0 Å². The molecule has 6 heteroatoms. The summed E-state index contributed by atoms with van der Waals surface area (Å²) in [6.07, 6.45) is 7.12. The Labute approximate surface area is 201 Å². The molecule has 1 saturated heterocycles. The van der Waals surface area contributed by atoms with Crippen LogP contribution in [0.15, 0.2) is 54.6 Å². The van der Waals surface area contributed by atoms with E-state index < -0.39 is 26.4 Å². The summed E-state index contributed by atoms with van der Waals surface area (Å²) >= 11 is 0. The van der Waals surface area contributed by atoms with E-state index in [-0.39, 0.29) is 23.6 Å². The molecular formula is C27H41NO4Si. The summed E-state index contributed by atoms with van der Waals surface area (Å²) in [5.41, 5.74) is 1.06. The van der Waals surface area contributed by atoms with Gasteiger partial charge in [0.15, 0.2) is 8.32 Å². The maximum atomic E-state index is 13.8. The first-order chi connectivity index (χ1) is 15.5. The molecule has 1 aliphatic rings. The molecular weight excluding hydrogens is 430 g/mol. The monoisotopic (exact) mass is 471 g/mol. The van der Waals surface area contributed by atoms with Crippen LogP contribution in [0.5, 0.6) is 0 Å². The number of carbonyl (C=O) groups excluding carboxylic acids is 2. The van der Waals surface area contributed by atoms with Gasteiger partial charge < -0.3 is 9.16 Å². The highest BCUT2D eigenvalue weighted by atomic mass is 28.4. The third kappa shape index (κ3) is 6.24. The minimum Gasteiger partial charge on any atom is -0.447 e. The maximum absolute atomic E-state index is 13.8. The normalized spacial score (nSPS) is 19.5. The molecule has 0 N–H and O–H groups in total. The average molecular weight is 472 g/mol. The van der Waals surface area contributed by atoms with Crippen molar-refractivity contribution in [2.45, 2.75) is 78.2 Å². The molecule has 1 fully saturated rings. The number of allylic oxidation sites excluding steroid dienone is 2. The zero-order valence-electron chi connectivity index (χ0n) is 21.5. The molecule has 1 aromatic rings. The van der Waals surface area contributed by atoms with Crippen molar-refractivity contribution in [2.24, 2.45) is 11.8 Å². The zero-order chi connectivity index (χ0) is 24.8.